The van der Waals surface area contributed by atoms with Gasteiger partial charge in [-0.25, -0.2) is 29.9 Å². The first-order valence-electron chi connectivity index (χ1n) is 20.3. The van der Waals surface area contributed by atoms with Gasteiger partial charge in [0.25, 0.3) is 0 Å². The van der Waals surface area contributed by atoms with Crippen molar-refractivity contribution in [2.24, 2.45) is 0 Å². The average Bonchev–Trinajstić information content (AvgIpc) is 3.37. The molecule has 290 valence electrons. The van der Waals surface area contributed by atoms with Gasteiger partial charge in [-0.1, -0.05) is 188 Å². The van der Waals surface area contributed by atoms with Gasteiger partial charge in [0.05, 0.1) is 11.6 Å². The third kappa shape index (κ3) is 7.75. The molecule has 0 spiro atoms. The highest BCUT2D eigenvalue weighted by Crippen LogP contribution is 2.39. The molecule has 10 rings (SSSR count). The lowest BCUT2D eigenvalue weighted by Gasteiger charge is -2.16. The fraction of sp³-hybridized carbons (Fsp3) is 0. The van der Waals surface area contributed by atoms with Gasteiger partial charge in [0.15, 0.2) is 34.9 Å². The average molecular weight is 794 g/mol. The molecule has 2 heterocycles. The Labute approximate surface area is 359 Å². The van der Waals surface area contributed by atoms with Gasteiger partial charge in [0.2, 0.25) is 0 Å². The lowest BCUT2D eigenvalue weighted by Crippen LogP contribution is -2.00. The quantitative estimate of drug-likeness (QED) is 0.143. The van der Waals surface area contributed by atoms with Crippen LogP contribution >= 0.6 is 0 Å². The number of hydrogen-bond acceptors (Lipinski definition) is 7. The Hall–Kier alpha value is -8.73. The van der Waals surface area contributed by atoms with Crippen LogP contribution in [0.25, 0.3) is 102 Å². The molecule has 0 unspecified atom stereocenters. The highest BCUT2D eigenvalue weighted by molar-refractivity contribution is 5.90. The molecule has 0 aliphatic heterocycles. The molecule has 0 aliphatic carbocycles. The molecule has 0 amide bonds. The van der Waals surface area contributed by atoms with E-state index >= 15 is 0 Å². The summed E-state index contributed by atoms with van der Waals surface area (Å²) in [6.07, 6.45) is 0. The molecule has 0 aliphatic rings. The first kappa shape index (κ1) is 37.5. The number of rotatable bonds is 9. The molecule has 8 aromatic carbocycles. The molecule has 0 radical (unpaired) electrons. The highest BCUT2D eigenvalue weighted by Gasteiger charge is 2.18. The monoisotopic (exact) mass is 793 g/mol. The van der Waals surface area contributed by atoms with E-state index in [1.54, 1.807) is 0 Å². The van der Waals surface area contributed by atoms with Crippen LogP contribution in [0.4, 0.5) is 0 Å². The van der Waals surface area contributed by atoms with Crippen LogP contribution in [0.15, 0.2) is 212 Å². The first-order chi connectivity index (χ1) is 30.7. The fourth-order valence-electron chi connectivity index (χ4n) is 7.55. The summed E-state index contributed by atoms with van der Waals surface area (Å²) in [4.78, 5) is 29.8. The van der Waals surface area contributed by atoms with Crippen LogP contribution in [-0.4, -0.2) is 29.9 Å². The predicted molar refractivity (Wildman–Crippen MR) is 247 cm³/mol. The summed E-state index contributed by atoms with van der Waals surface area (Å²) < 4.78 is 0. The van der Waals surface area contributed by atoms with Crippen LogP contribution in [0.1, 0.15) is 5.56 Å². The van der Waals surface area contributed by atoms with Crippen molar-refractivity contribution in [3.8, 4) is 108 Å². The summed E-state index contributed by atoms with van der Waals surface area (Å²) in [6, 6.07) is 73.0. The smallest absolute Gasteiger partial charge is 0.164 e. The second kappa shape index (κ2) is 16.9. The number of aromatic nitrogens is 6. The fourth-order valence-corrected chi connectivity index (χ4v) is 7.55. The topological polar surface area (TPSA) is 101 Å². The van der Waals surface area contributed by atoms with E-state index in [4.69, 9.17) is 29.9 Å². The molecule has 0 bridgehead atoms. The molecular weight excluding hydrogens is 759 g/mol. The largest absolute Gasteiger partial charge is 0.208 e. The number of benzene rings is 8. The summed E-state index contributed by atoms with van der Waals surface area (Å²) in [7, 11) is 0. The summed E-state index contributed by atoms with van der Waals surface area (Å²) in [5, 5.41) is 10.2. The van der Waals surface area contributed by atoms with E-state index in [0.29, 0.717) is 40.5 Å². The Morgan fingerprint density at radius 3 is 1.03 bits per heavy atom. The number of nitriles is 1. The van der Waals surface area contributed by atoms with Crippen LogP contribution in [0.5, 0.6) is 0 Å². The minimum atomic E-state index is 0.560. The van der Waals surface area contributed by atoms with Gasteiger partial charge < -0.3 is 0 Å². The van der Waals surface area contributed by atoms with Gasteiger partial charge in [-0.15, -0.1) is 0 Å². The van der Waals surface area contributed by atoms with E-state index in [9.17, 15) is 5.26 Å². The Balaban J connectivity index is 1.11. The summed E-state index contributed by atoms with van der Waals surface area (Å²) in [6.45, 7) is 0. The van der Waals surface area contributed by atoms with E-state index in [0.717, 1.165) is 66.8 Å². The molecule has 0 N–H and O–H groups in total. The van der Waals surface area contributed by atoms with Gasteiger partial charge >= 0.3 is 0 Å². The van der Waals surface area contributed by atoms with Crippen LogP contribution in [0.2, 0.25) is 0 Å². The van der Waals surface area contributed by atoms with E-state index in [1.165, 1.54) is 0 Å². The summed E-state index contributed by atoms with van der Waals surface area (Å²) >= 11 is 0. The van der Waals surface area contributed by atoms with Crippen molar-refractivity contribution in [3.63, 3.8) is 0 Å². The summed E-state index contributed by atoms with van der Waals surface area (Å²) in [5.74, 6) is 3.53. The van der Waals surface area contributed by atoms with Crippen LogP contribution in [-0.2, 0) is 0 Å². The lowest BCUT2D eigenvalue weighted by atomic mass is 9.88. The normalized spacial score (nSPS) is 10.9. The van der Waals surface area contributed by atoms with Gasteiger partial charge in [0, 0.05) is 38.9 Å². The molecule has 0 fully saturated rings. The third-order valence-corrected chi connectivity index (χ3v) is 10.6. The Bertz CT molecular complexity index is 3120. The Kier molecular flexibility index (Phi) is 10.2. The Morgan fingerprint density at radius 1 is 0.242 bits per heavy atom. The number of nitrogens with zero attached hydrogens (tertiary/aromatic N) is 7. The van der Waals surface area contributed by atoms with Gasteiger partial charge in [-0.3, -0.25) is 0 Å². The standard InChI is InChI=1S/C55H35N7/c56-36-46-25-13-14-30-47(46)48-32-31-42(41-26-15-28-44(33-41)54-59-50(37-17-5-1-6-18-37)57-51(60-54)38-19-7-2-8-20-38)35-49(48)43-27-16-29-45(34-43)55-61-52(39-21-9-3-10-22-39)58-53(62-55)40-23-11-4-12-24-40/h1-35H. The molecule has 0 atom stereocenters. The van der Waals surface area contributed by atoms with Crippen molar-refractivity contribution in [1.82, 2.24) is 29.9 Å². The van der Waals surface area contributed by atoms with E-state index in [2.05, 4.69) is 48.5 Å². The molecule has 7 nitrogen and oxygen atoms in total. The Morgan fingerprint density at radius 2 is 0.581 bits per heavy atom. The van der Waals surface area contributed by atoms with Crippen molar-refractivity contribution in [2.45, 2.75) is 0 Å². The molecular formula is C55H35N7. The number of hydrogen-bond donors (Lipinski definition) is 0. The molecule has 7 heteroatoms. The van der Waals surface area contributed by atoms with Gasteiger partial charge in [-0.2, -0.15) is 5.26 Å². The van der Waals surface area contributed by atoms with Crippen LogP contribution in [0, 0.1) is 11.3 Å². The van der Waals surface area contributed by atoms with Crippen molar-refractivity contribution >= 4 is 0 Å². The summed E-state index contributed by atoms with van der Waals surface area (Å²) in [5.41, 5.74) is 11.6. The van der Waals surface area contributed by atoms with Crippen LogP contribution < -0.4 is 0 Å². The van der Waals surface area contributed by atoms with Crippen molar-refractivity contribution in [2.75, 3.05) is 0 Å². The van der Waals surface area contributed by atoms with Crippen molar-refractivity contribution in [1.29, 1.82) is 5.26 Å². The minimum absolute atomic E-state index is 0.560. The molecule has 10 aromatic rings. The second-order valence-electron chi connectivity index (χ2n) is 14.7. The van der Waals surface area contributed by atoms with Crippen LogP contribution in [0.3, 0.4) is 0 Å². The molecule has 2 aromatic heterocycles. The first-order valence-corrected chi connectivity index (χ1v) is 20.3. The molecule has 62 heavy (non-hydrogen) atoms. The lowest BCUT2D eigenvalue weighted by molar-refractivity contribution is 1.07. The predicted octanol–water partition coefficient (Wildman–Crippen LogP) is 12.9. The zero-order valence-electron chi connectivity index (χ0n) is 33.3. The third-order valence-electron chi connectivity index (χ3n) is 10.6. The van der Waals surface area contributed by atoms with Gasteiger partial charge in [-0.05, 0) is 52.1 Å². The van der Waals surface area contributed by atoms with Crippen molar-refractivity contribution < 1.29 is 0 Å². The minimum Gasteiger partial charge on any atom is -0.208 e. The molecule has 0 saturated carbocycles. The van der Waals surface area contributed by atoms with E-state index < -0.39 is 0 Å². The SMILES string of the molecule is N#Cc1ccccc1-c1ccc(-c2cccc(-c3nc(-c4ccccc4)nc(-c4ccccc4)n3)c2)cc1-c1cccc(-c2nc(-c3ccccc3)nc(-c3ccccc3)n2)c1. The molecule has 0 saturated heterocycles. The second-order valence-corrected chi connectivity index (χ2v) is 14.7. The highest BCUT2D eigenvalue weighted by atomic mass is 15.0. The van der Waals surface area contributed by atoms with E-state index in [-0.39, 0.29) is 0 Å². The maximum absolute atomic E-state index is 10.2. The zero-order valence-corrected chi connectivity index (χ0v) is 33.3. The van der Waals surface area contributed by atoms with Gasteiger partial charge in [0.1, 0.15) is 0 Å². The maximum Gasteiger partial charge on any atom is 0.164 e. The van der Waals surface area contributed by atoms with E-state index in [1.807, 2.05) is 170 Å². The zero-order chi connectivity index (χ0) is 41.7. The maximum atomic E-state index is 10.2. The van der Waals surface area contributed by atoms with Crippen molar-refractivity contribution in [3.05, 3.63) is 218 Å².